The van der Waals surface area contributed by atoms with Gasteiger partial charge >= 0.3 is 0 Å². The highest BCUT2D eigenvalue weighted by Gasteiger charge is 2.22. The lowest BCUT2D eigenvalue weighted by atomic mass is 10.2. The Morgan fingerprint density at radius 1 is 1.20 bits per heavy atom. The molecule has 3 aromatic heterocycles. The molecule has 158 valence electrons. The van der Waals surface area contributed by atoms with Crippen LogP contribution in [0, 0.1) is 0 Å². The standard InChI is InChI=1S/C21H24BrN5O3/c1-29-8-9-30-13-14-6-7-18(23-11-14)25-21-24-12-15-10-17(22)20(28)27(19(15)26-21)16-4-2-3-5-16/h6-7,10-12,16H,2-5,8-9,13H2,1H3,(H,23,24,25,26). The van der Waals surface area contributed by atoms with Crippen molar-refractivity contribution in [1.82, 2.24) is 19.5 Å². The van der Waals surface area contributed by atoms with Crippen molar-refractivity contribution in [2.45, 2.75) is 38.3 Å². The molecule has 0 atom stereocenters. The molecule has 1 N–H and O–H groups in total. The Balaban J connectivity index is 1.55. The van der Waals surface area contributed by atoms with Crippen LogP contribution in [0.4, 0.5) is 11.8 Å². The van der Waals surface area contributed by atoms with Crippen molar-refractivity contribution < 1.29 is 9.47 Å². The zero-order valence-corrected chi connectivity index (χ0v) is 18.4. The van der Waals surface area contributed by atoms with Crippen LogP contribution in [0.3, 0.4) is 0 Å². The molecule has 0 aromatic carbocycles. The maximum absolute atomic E-state index is 12.8. The van der Waals surface area contributed by atoms with Gasteiger partial charge in [0.25, 0.3) is 5.56 Å². The first-order chi connectivity index (χ1) is 14.7. The third-order valence-corrected chi connectivity index (χ3v) is 5.75. The molecule has 0 radical (unpaired) electrons. The quantitative estimate of drug-likeness (QED) is 0.494. The molecule has 0 spiro atoms. The number of nitrogens with zero attached hydrogens (tertiary/aromatic N) is 4. The van der Waals surface area contributed by atoms with Gasteiger partial charge in [-0.1, -0.05) is 18.9 Å². The summed E-state index contributed by atoms with van der Waals surface area (Å²) in [4.78, 5) is 26.3. The first-order valence-corrected chi connectivity index (χ1v) is 10.8. The fraction of sp³-hybridized carbons (Fsp3) is 0.429. The van der Waals surface area contributed by atoms with Gasteiger partial charge in [0.15, 0.2) is 0 Å². The van der Waals surface area contributed by atoms with Gasteiger partial charge in [0, 0.05) is 30.9 Å². The number of ether oxygens (including phenoxy) is 2. The maximum Gasteiger partial charge on any atom is 0.266 e. The molecular formula is C21H24BrN5O3. The highest BCUT2D eigenvalue weighted by Crippen LogP contribution is 2.31. The summed E-state index contributed by atoms with van der Waals surface area (Å²) in [6.45, 7) is 1.58. The van der Waals surface area contributed by atoms with Crippen molar-refractivity contribution in [3.63, 3.8) is 0 Å². The summed E-state index contributed by atoms with van der Waals surface area (Å²) < 4.78 is 12.8. The second-order valence-corrected chi connectivity index (χ2v) is 8.15. The lowest BCUT2D eigenvalue weighted by Gasteiger charge is -2.17. The van der Waals surface area contributed by atoms with Crippen LogP contribution in [0.25, 0.3) is 11.0 Å². The number of hydrogen-bond acceptors (Lipinski definition) is 7. The number of fused-ring (bicyclic) bond motifs is 1. The number of nitrogens with one attached hydrogen (secondary N) is 1. The lowest BCUT2D eigenvalue weighted by Crippen LogP contribution is -2.25. The average molecular weight is 474 g/mol. The Morgan fingerprint density at radius 3 is 2.77 bits per heavy atom. The minimum absolute atomic E-state index is 0.0463. The summed E-state index contributed by atoms with van der Waals surface area (Å²) >= 11 is 3.39. The predicted octanol–water partition coefficient (Wildman–Crippen LogP) is 3.97. The molecule has 0 saturated heterocycles. The summed E-state index contributed by atoms with van der Waals surface area (Å²) in [7, 11) is 1.65. The number of halogens is 1. The van der Waals surface area contributed by atoms with Crippen LogP contribution >= 0.6 is 15.9 Å². The van der Waals surface area contributed by atoms with Crippen molar-refractivity contribution in [2.24, 2.45) is 0 Å². The SMILES string of the molecule is COCCOCc1ccc(Nc2ncc3cc(Br)c(=O)n(C4CCCC4)c3n2)nc1. The Hall–Kier alpha value is -2.36. The normalized spacial score (nSPS) is 14.5. The molecule has 0 unspecified atom stereocenters. The number of aromatic nitrogens is 4. The van der Waals surface area contributed by atoms with E-state index >= 15 is 0 Å². The number of anilines is 2. The molecule has 3 aromatic rings. The minimum Gasteiger partial charge on any atom is -0.382 e. The first kappa shape index (κ1) is 20.9. The summed E-state index contributed by atoms with van der Waals surface area (Å²) in [5.74, 6) is 1.04. The van der Waals surface area contributed by atoms with E-state index < -0.39 is 0 Å². The zero-order chi connectivity index (χ0) is 20.9. The van der Waals surface area contributed by atoms with E-state index in [0.717, 1.165) is 36.6 Å². The molecule has 1 aliphatic rings. The molecule has 1 fully saturated rings. The van der Waals surface area contributed by atoms with E-state index in [2.05, 4.69) is 36.2 Å². The molecule has 4 rings (SSSR count). The van der Waals surface area contributed by atoms with E-state index in [9.17, 15) is 4.79 Å². The molecule has 0 amide bonds. The summed E-state index contributed by atoms with van der Waals surface area (Å²) in [6, 6.07) is 5.75. The van der Waals surface area contributed by atoms with Crippen molar-refractivity contribution >= 4 is 38.7 Å². The largest absolute Gasteiger partial charge is 0.382 e. The van der Waals surface area contributed by atoms with Crippen LogP contribution in [0.2, 0.25) is 0 Å². The summed E-state index contributed by atoms with van der Waals surface area (Å²) in [6.07, 6.45) is 7.74. The van der Waals surface area contributed by atoms with Crippen LogP contribution in [0.1, 0.15) is 37.3 Å². The van der Waals surface area contributed by atoms with Gasteiger partial charge in [-0.25, -0.2) is 9.97 Å². The van der Waals surface area contributed by atoms with Gasteiger partial charge in [-0.2, -0.15) is 4.98 Å². The van der Waals surface area contributed by atoms with Crippen molar-refractivity contribution in [1.29, 1.82) is 0 Å². The second-order valence-electron chi connectivity index (χ2n) is 7.30. The molecular weight excluding hydrogens is 450 g/mol. The van der Waals surface area contributed by atoms with Crippen molar-refractivity contribution in [3.8, 4) is 0 Å². The van der Waals surface area contributed by atoms with Gasteiger partial charge in [-0.15, -0.1) is 0 Å². The lowest BCUT2D eigenvalue weighted by molar-refractivity contribution is 0.0615. The third kappa shape index (κ3) is 4.69. The maximum atomic E-state index is 12.8. The summed E-state index contributed by atoms with van der Waals surface area (Å²) in [5.41, 5.74) is 1.57. The Morgan fingerprint density at radius 2 is 2.03 bits per heavy atom. The average Bonchev–Trinajstić information content (AvgIpc) is 3.28. The monoisotopic (exact) mass is 473 g/mol. The number of pyridine rings is 2. The molecule has 1 saturated carbocycles. The van der Waals surface area contributed by atoms with E-state index in [4.69, 9.17) is 9.47 Å². The third-order valence-electron chi connectivity index (χ3n) is 5.18. The molecule has 0 bridgehead atoms. The molecule has 3 heterocycles. The molecule has 0 aliphatic heterocycles. The predicted molar refractivity (Wildman–Crippen MR) is 118 cm³/mol. The molecule has 30 heavy (non-hydrogen) atoms. The second kappa shape index (κ2) is 9.63. The summed E-state index contributed by atoms with van der Waals surface area (Å²) in [5, 5.41) is 3.96. The Labute approximate surface area is 182 Å². The van der Waals surface area contributed by atoms with E-state index in [-0.39, 0.29) is 11.6 Å². The van der Waals surface area contributed by atoms with Crippen molar-refractivity contribution in [2.75, 3.05) is 25.6 Å². The number of hydrogen-bond donors (Lipinski definition) is 1. The van der Waals surface area contributed by atoms with Gasteiger partial charge < -0.3 is 14.8 Å². The van der Waals surface area contributed by atoms with Gasteiger partial charge in [-0.05, 0) is 46.5 Å². The highest BCUT2D eigenvalue weighted by atomic mass is 79.9. The van der Waals surface area contributed by atoms with E-state index in [0.29, 0.717) is 41.7 Å². The molecule has 9 heteroatoms. The van der Waals surface area contributed by atoms with Crippen LogP contribution in [0.5, 0.6) is 0 Å². The smallest absolute Gasteiger partial charge is 0.266 e. The van der Waals surface area contributed by atoms with E-state index in [1.807, 2.05) is 16.7 Å². The number of methoxy groups -OCH3 is 1. The van der Waals surface area contributed by atoms with Crippen molar-refractivity contribution in [3.05, 3.63) is 51.0 Å². The highest BCUT2D eigenvalue weighted by molar-refractivity contribution is 9.10. The molecule has 8 nitrogen and oxygen atoms in total. The van der Waals surface area contributed by atoms with Crippen LogP contribution in [-0.2, 0) is 16.1 Å². The van der Waals surface area contributed by atoms with Crippen LogP contribution < -0.4 is 10.9 Å². The topological polar surface area (TPSA) is 91.2 Å². The van der Waals surface area contributed by atoms with E-state index in [1.165, 1.54) is 0 Å². The Kier molecular flexibility index (Phi) is 6.71. The zero-order valence-electron chi connectivity index (χ0n) is 16.8. The number of rotatable bonds is 8. The molecule has 1 aliphatic carbocycles. The van der Waals surface area contributed by atoms with Gasteiger partial charge in [0.1, 0.15) is 11.5 Å². The van der Waals surface area contributed by atoms with Gasteiger partial charge in [0.2, 0.25) is 5.95 Å². The van der Waals surface area contributed by atoms with Gasteiger partial charge in [-0.3, -0.25) is 9.36 Å². The Bertz CT molecular complexity index is 1060. The fourth-order valence-electron chi connectivity index (χ4n) is 3.68. The minimum atomic E-state index is -0.0463. The first-order valence-electron chi connectivity index (χ1n) is 10.0. The van der Waals surface area contributed by atoms with Crippen LogP contribution in [-0.4, -0.2) is 39.8 Å². The van der Waals surface area contributed by atoms with Crippen LogP contribution in [0.15, 0.2) is 39.9 Å². The fourth-order valence-corrected chi connectivity index (χ4v) is 4.12. The van der Waals surface area contributed by atoms with Gasteiger partial charge in [0.05, 0.1) is 24.3 Å². The van der Waals surface area contributed by atoms with E-state index in [1.54, 1.807) is 25.6 Å².